The normalized spacial score (nSPS) is 16.5. The minimum absolute atomic E-state index is 0.0341. The maximum atomic E-state index is 10.9. The van der Waals surface area contributed by atoms with Crippen LogP contribution in [0.2, 0.25) is 10.4 Å². The van der Waals surface area contributed by atoms with Gasteiger partial charge in [0.2, 0.25) is 5.28 Å². The zero-order chi connectivity index (χ0) is 29.5. The Kier molecular flexibility index (Phi) is 10.5. The van der Waals surface area contributed by atoms with Crippen molar-refractivity contribution in [2.45, 2.75) is 64.7 Å². The summed E-state index contributed by atoms with van der Waals surface area (Å²) < 4.78 is 9.65. The molecule has 1 fully saturated rings. The van der Waals surface area contributed by atoms with E-state index >= 15 is 0 Å². The smallest absolute Gasteiger partial charge is 0.316 e. The molecule has 3 aromatic rings. The monoisotopic (exact) mass is 599 g/mol. The van der Waals surface area contributed by atoms with Crippen LogP contribution in [0, 0.1) is 12.8 Å². The number of ketones is 1. The van der Waals surface area contributed by atoms with Crippen molar-refractivity contribution in [3.05, 3.63) is 63.0 Å². The number of fused-ring (bicyclic) bond motifs is 2. The lowest BCUT2D eigenvalue weighted by molar-refractivity contribution is -0.148. The molecule has 3 aliphatic carbocycles. The standard InChI is InChI=1S/C16H19N3O.C7H6Cl2N2.C7H10O3/c1-11-17-15-6-4-5-14(15)16(18-11)19(2)12-7-9-13(20-3)10-8-12;8-6-4-2-1-3-5(4)10-7(9)11-6;1-10-7(9)5-3-2-4-6(5)8/h7-10H,4-6H2,1-3H3;1-3H2;5H,2-4H2,1H3. The molecule has 2 heterocycles. The average Bonchev–Trinajstić information content (AvgIpc) is 3.74. The molecular weight excluding hydrogens is 565 g/mol. The molecule has 41 heavy (non-hydrogen) atoms. The van der Waals surface area contributed by atoms with Crippen LogP contribution in [-0.4, -0.2) is 53.0 Å². The van der Waals surface area contributed by atoms with Crippen LogP contribution < -0.4 is 9.64 Å². The van der Waals surface area contributed by atoms with Gasteiger partial charge in [-0.25, -0.2) is 19.9 Å². The molecule has 3 aliphatic rings. The third-order valence-electron chi connectivity index (χ3n) is 7.45. The number of hydrogen-bond acceptors (Lipinski definition) is 9. The van der Waals surface area contributed by atoms with Gasteiger partial charge in [-0.1, -0.05) is 11.6 Å². The fourth-order valence-electron chi connectivity index (χ4n) is 5.30. The molecule has 218 valence electrons. The summed E-state index contributed by atoms with van der Waals surface area (Å²) >= 11 is 11.5. The molecule has 0 saturated heterocycles. The number of esters is 1. The van der Waals surface area contributed by atoms with Crippen LogP contribution in [0.3, 0.4) is 0 Å². The largest absolute Gasteiger partial charge is 0.497 e. The van der Waals surface area contributed by atoms with E-state index in [1.165, 1.54) is 24.8 Å². The molecule has 1 saturated carbocycles. The Balaban J connectivity index is 0.000000156. The molecule has 1 aromatic carbocycles. The number of aromatic nitrogens is 4. The highest BCUT2D eigenvalue weighted by Gasteiger charge is 2.31. The maximum Gasteiger partial charge on any atom is 0.316 e. The quantitative estimate of drug-likeness (QED) is 0.158. The van der Waals surface area contributed by atoms with Crippen LogP contribution in [0.25, 0.3) is 0 Å². The fourth-order valence-corrected chi connectivity index (χ4v) is 5.82. The molecule has 9 nitrogen and oxygen atoms in total. The molecule has 0 aliphatic heterocycles. The Hall–Kier alpha value is -3.30. The molecule has 6 rings (SSSR count). The summed E-state index contributed by atoms with van der Waals surface area (Å²) in [7, 11) is 5.05. The highest BCUT2D eigenvalue weighted by molar-refractivity contribution is 6.32. The molecule has 0 radical (unpaired) electrons. The Labute approximate surface area is 250 Å². The zero-order valence-electron chi connectivity index (χ0n) is 23.9. The van der Waals surface area contributed by atoms with Crippen molar-refractivity contribution in [3.63, 3.8) is 0 Å². The molecule has 0 amide bonds. The number of carbonyl (C=O) groups excluding carboxylic acids is 2. The minimum Gasteiger partial charge on any atom is -0.497 e. The van der Waals surface area contributed by atoms with Gasteiger partial charge in [-0.15, -0.1) is 0 Å². The number of rotatable bonds is 4. The molecule has 0 spiro atoms. The number of hydrogen-bond donors (Lipinski definition) is 0. The van der Waals surface area contributed by atoms with Gasteiger partial charge < -0.3 is 14.4 Å². The second-order valence-electron chi connectivity index (χ2n) is 10.1. The van der Waals surface area contributed by atoms with Gasteiger partial charge in [0.1, 0.15) is 34.2 Å². The van der Waals surface area contributed by atoms with Crippen LogP contribution in [0.5, 0.6) is 5.75 Å². The Bertz CT molecular complexity index is 1400. The van der Waals surface area contributed by atoms with Gasteiger partial charge in [0.15, 0.2) is 0 Å². The summed E-state index contributed by atoms with van der Waals surface area (Å²) in [6.45, 7) is 1.96. The van der Waals surface area contributed by atoms with Crippen LogP contribution in [0.4, 0.5) is 11.5 Å². The third kappa shape index (κ3) is 7.51. The van der Waals surface area contributed by atoms with E-state index in [0.717, 1.165) is 72.9 Å². The first-order chi connectivity index (χ1) is 19.7. The van der Waals surface area contributed by atoms with Crippen molar-refractivity contribution in [1.29, 1.82) is 0 Å². The van der Waals surface area contributed by atoms with E-state index in [0.29, 0.717) is 18.0 Å². The van der Waals surface area contributed by atoms with E-state index in [9.17, 15) is 9.59 Å². The van der Waals surface area contributed by atoms with Crippen molar-refractivity contribution in [2.24, 2.45) is 5.92 Å². The van der Waals surface area contributed by atoms with Crippen LogP contribution in [0.1, 0.15) is 60.4 Å². The average molecular weight is 601 g/mol. The van der Waals surface area contributed by atoms with E-state index in [1.807, 2.05) is 19.1 Å². The van der Waals surface area contributed by atoms with Crippen LogP contribution >= 0.6 is 23.2 Å². The lowest BCUT2D eigenvalue weighted by atomic mass is 10.1. The maximum absolute atomic E-state index is 10.9. The first-order valence-corrected chi connectivity index (χ1v) is 14.5. The lowest BCUT2D eigenvalue weighted by Crippen LogP contribution is -2.19. The van der Waals surface area contributed by atoms with E-state index in [-0.39, 0.29) is 17.0 Å². The van der Waals surface area contributed by atoms with Gasteiger partial charge in [-0.05, 0) is 94.2 Å². The highest BCUT2D eigenvalue weighted by atomic mass is 35.5. The Morgan fingerprint density at radius 3 is 2.15 bits per heavy atom. The number of nitrogens with zero attached hydrogens (tertiary/aromatic N) is 5. The number of aryl methyl sites for hydroxylation is 3. The molecule has 0 bridgehead atoms. The predicted octanol–water partition coefficient (Wildman–Crippen LogP) is 5.85. The third-order valence-corrected chi connectivity index (χ3v) is 7.93. The fraction of sp³-hybridized carbons (Fsp3) is 0.467. The van der Waals surface area contributed by atoms with Crippen molar-refractivity contribution in [1.82, 2.24) is 19.9 Å². The molecule has 2 aromatic heterocycles. The van der Waals surface area contributed by atoms with Gasteiger partial charge in [0.25, 0.3) is 0 Å². The van der Waals surface area contributed by atoms with E-state index in [2.05, 4.69) is 48.8 Å². The second-order valence-corrected chi connectivity index (χ2v) is 10.8. The summed E-state index contributed by atoms with van der Waals surface area (Å²) in [6.07, 6.45) is 8.46. The van der Waals surface area contributed by atoms with Crippen molar-refractivity contribution in [2.75, 3.05) is 26.2 Å². The number of benzene rings is 1. The number of methoxy groups -OCH3 is 2. The number of Topliss-reactive ketones (excluding diaryl/α,β-unsaturated/α-hetero) is 1. The zero-order valence-corrected chi connectivity index (χ0v) is 25.4. The second kappa shape index (κ2) is 14.0. The van der Waals surface area contributed by atoms with Crippen molar-refractivity contribution < 1.29 is 19.1 Å². The number of halogens is 2. The minimum atomic E-state index is -0.454. The van der Waals surface area contributed by atoms with E-state index < -0.39 is 5.92 Å². The lowest BCUT2D eigenvalue weighted by Gasteiger charge is -2.21. The number of anilines is 2. The highest BCUT2D eigenvalue weighted by Crippen LogP contribution is 2.32. The van der Waals surface area contributed by atoms with Gasteiger partial charge in [0.05, 0.1) is 19.9 Å². The molecule has 1 unspecified atom stereocenters. The number of carbonyl (C=O) groups is 2. The van der Waals surface area contributed by atoms with Crippen molar-refractivity contribution in [3.8, 4) is 5.75 Å². The van der Waals surface area contributed by atoms with Gasteiger partial charge >= 0.3 is 5.97 Å². The predicted molar refractivity (Wildman–Crippen MR) is 158 cm³/mol. The molecule has 1 atom stereocenters. The summed E-state index contributed by atoms with van der Waals surface area (Å²) in [5.41, 5.74) is 5.73. The van der Waals surface area contributed by atoms with Crippen molar-refractivity contribution >= 4 is 46.5 Å². The van der Waals surface area contributed by atoms with Gasteiger partial charge in [-0.3, -0.25) is 9.59 Å². The topological polar surface area (TPSA) is 107 Å². The van der Waals surface area contributed by atoms with Crippen LogP contribution in [-0.2, 0) is 40.0 Å². The first-order valence-electron chi connectivity index (χ1n) is 13.8. The Morgan fingerprint density at radius 1 is 0.878 bits per heavy atom. The summed E-state index contributed by atoms with van der Waals surface area (Å²) in [6, 6.07) is 8.05. The Morgan fingerprint density at radius 2 is 1.54 bits per heavy atom. The summed E-state index contributed by atoms with van der Waals surface area (Å²) in [5, 5.41) is 0.785. The molecule has 11 heteroatoms. The SMILES string of the molecule is COC(=O)C1CCCC1=O.COc1ccc(N(C)c2nc(C)nc3c2CCC3)cc1.Clc1nc(Cl)c2c(n1)CCC2. The van der Waals surface area contributed by atoms with Crippen LogP contribution in [0.15, 0.2) is 24.3 Å². The molecule has 0 N–H and O–H groups in total. The van der Waals surface area contributed by atoms with E-state index in [1.54, 1.807) is 7.11 Å². The number of ether oxygens (including phenoxy) is 2. The summed E-state index contributed by atoms with van der Waals surface area (Å²) in [5.74, 6) is 1.96. The summed E-state index contributed by atoms with van der Waals surface area (Å²) in [4.78, 5) is 40.9. The first kappa shape index (κ1) is 30.7. The van der Waals surface area contributed by atoms with E-state index in [4.69, 9.17) is 27.9 Å². The van der Waals surface area contributed by atoms with Gasteiger partial charge in [-0.2, -0.15) is 0 Å². The van der Waals surface area contributed by atoms with Gasteiger partial charge in [0, 0.05) is 36.0 Å². The molecular formula is C30H35Cl2N5O4.